The van der Waals surface area contributed by atoms with E-state index in [0.717, 1.165) is 22.0 Å². The molecular formula is C22H14N4O3. The zero-order valence-corrected chi connectivity index (χ0v) is 15.1. The Hall–Kier alpha value is -4.26. The highest BCUT2D eigenvalue weighted by atomic mass is 16.6. The van der Waals surface area contributed by atoms with E-state index in [4.69, 9.17) is 4.42 Å². The van der Waals surface area contributed by atoms with Gasteiger partial charge in [-0.3, -0.25) is 10.1 Å². The van der Waals surface area contributed by atoms with Gasteiger partial charge < -0.3 is 9.73 Å². The number of hydrogen-bond acceptors (Lipinski definition) is 6. The number of nitro benzene ring substituents is 1. The van der Waals surface area contributed by atoms with Crippen molar-refractivity contribution in [3.63, 3.8) is 0 Å². The molecule has 0 saturated carbocycles. The molecule has 0 spiro atoms. The first-order valence-electron chi connectivity index (χ1n) is 8.93. The van der Waals surface area contributed by atoms with Gasteiger partial charge in [-0.2, -0.15) is 4.98 Å². The topological polar surface area (TPSA) is 94.1 Å². The van der Waals surface area contributed by atoms with Crippen LogP contribution in [0.15, 0.2) is 83.4 Å². The summed E-state index contributed by atoms with van der Waals surface area (Å²) >= 11 is 0. The molecule has 1 N–H and O–H groups in total. The van der Waals surface area contributed by atoms with Crippen molar-refractivity contribution in [2.24, 2.45) is 0 Å². The number of nitrogens with one attached hydrogen (secondary N) is 1. The van der Waals surface area contributed by atoms with Crippen LogP contribution in [-0.2, 0) is 0 Å². The molecule has 0 radical (unpaired) electrons. The molecule has 2 aromatic heterocycles. The minimum Gasteiger partial charge on any atom is -0.437 e. The molecule has 0 bridgehead atoms. The summed E-state index contributed by atoms with van der Waals surface area (Å²) in [4.78, 5) is 19.6. The molecule has 29 heavy (non-hydrogen) atoms. The van der Waals surface area contributed by atoms with Crippen LogP contribution in [0.5, 0.6) is 0 Å². The van der Waals surface area contributed by atoms with E-state index >= 15 is 0 Å². The lowest BCUT2D eigenvalue weighted by Crippen LogP contribution is -1.92. The molecule has 0 atom stereocenters. The SMILES string of the molecule is O=[N+]([O-])c1cccc(Nc2ccc3c(c2)oc2nc(-c4ccccc4)ncc23)c1. The molecular weight excluding hydrogens is 368 g/mol. The minimum atomic E-state index is -0.420. The van der Waals surface area contributed by atoms with Crippen LogP contribution in [0.4, 0.5) is 17.1 Å². The maximum Gasteiger partial charge on any atom is 0.271 e. The molecule has 0 fully saturated rings. The van der Waals surface area contributed by atoms with Gasteiger partial charge in [0.25, 0.3) is 5.69 Å². The van der Waals surface area contributed by atoms with Crippen molar-refractivity contribution in [1.29, 1.82) is 0 Å². The third-order valence-corrected chi connectivity index (χ3v) is 4.61. The Labute approximate surface area is 164 Å². The van der Waals surface area contributed by atoms with E-state index in [1.54, 1.807) is 18.3 Å². The Morgan fingerprint density at radius 2 is 1.72 bits per heavy atom. The molecule has 0 saturated heterocycles. The second-order valence-electron chi connectivity index (χ2n) is 6.52. The van der Waals surface area contributed by atoms with Gasteiger partial charge in [0.2, 0.25) is 5.71 Å². The number of furan rings is 1. The zero-order valence-electron chi connectivity index (χ0n) is 15.1. The van der Waals surface area contributed by atoms with Crippen molar-refractivity contribution >= 4 is 39.1 Å². The average molecular weight is 382 g/mol. The second kappa shape index (κ2) is 6.72. The van der Waals surface area contributed by atoms with E-state index in [-0.39, 0.29) is 5.69 Å². The van der Waals surface area contributed by atoms with Crippen LogP contribution in [0.3, 0.4) is 0 Å². The third-order valence-electron chi connectivity index (χ3n) is 4.61. The Bertz CT molecular complexity index is 1360. The molecule has 7 heteroatoms. The maximum absolute atomic E-state index is 11.0. The molecule has 2 heterocycles. The molecule has 5 rings (SSSR count). The van der Waals surface area contributed by atoms with E-state index in [0.29, 0.717) is 22.8 Å². The normalized spacial score (nSPS) is 11.0. The van der Waals surface area contributed by atoms with Crippen molar-refractivity contribution in [3.8, 4) is 11.4 Å². The summed E-state index contributed by atoms with van der Waals surface area (Å²) in [5, 5.41) is 15.9. The highest BCUT2D eigenvalue weighted by molar-refractivity contribution is 6.04. The third kappa shape index (κ3) is 3.14. The number of benzene rings is 3. The van der Waals surface area contributed by atoms with Gasteiger partial charge >= 0.3 is 0 Å². The monoisotopic (exact) mass is 382 g/mol. The summed E-state index contributed by atoms with van der Waals surface area (Å²) in [5.41, 5.74) is 3.51. The number of hydrogen-bond donors (Lipinski definition) is 1. The molecule has 7 nitrogen and oxygen atoms in total. The number of anilines is 2. The standard InChI is InChI=1S/C22H14N4O3/c27-26(28)17-8-4-7-15(11-17)24-16-9-10-18-19-13-23-21(14-5-2-1-3-6-14)25-22(19)29-20(18)12-16/h1-13,24H. The van der Waals surface area contributed by atoms with E-state index < -0.39 is 4.92 Å². The van der Waals surface area contributed by atoms with Crippen molar-refractivity contribution < 1.29 is 9.34 Å². The van der Waals surface area contributed by atoms with Gasteiger partial charge in [0.05, 0.1) is 10.3 Å². The van der Waals surface area contributed by atoms with Crippen LogP contribution in [-0.4, -0.2) is 14.9 Å². The Morgan fingerprint density at radius 1 is 0.897 bits per heavy atom. The highest BCUT2D eigenvalue weighted by Crippen LogP contribution is 2.31. The predicted octanol–water partition coefficient (Wildman–Crippen LogP) is 5.69. The van der Waals surface area contributed by atoms with Gasteiger partial charge in [-0.1, -0.05) is 36.4 Å². The fourth-order valence-electron chi connectivity index (χ4n) is 3.23. The second-order valence-corrected chi connectivity index (χ2v) is 6.52. The Kier molecular flexibility index (Phi) is 3.91. The van der Waals surface area contributed by atoms with Gasteiger partial charge in [-0.05, 0) is 18.2 Å². The smallest absolute Gasteiger partial charge is 0.271 e. The molecule has 140 valence electrons. The van der Waals surface area contributed by atoms with Crippen molar-refractivity contribution in [3.05, 3.63) is 89.1 Å². The first kappa shape index (κ1) is 16.9. The molecule has 0 amide bonds. The van der Waals surface area contributed by atoms with E-state index in [9.17, 15) is 10.1 Å². The summed E-state index contributed by atoms with van der Waals surface area (Å²) in [6.07, 6.45) is 1.77. The number of aromatic nitrogens is 2. The van der Waals surface area contributed by atoms with Crippen molar-refractivity contribution in [1.82, 2.24) is 9.97 Å². The number of rotatable bonds is 4. The molecule has 0 aliphatic carbocycles. The first-order chi connectivity index (χ1) is 14.2. The van der Waals surface area contributed by atoms with Crippen LogP contribution in [0.1, 0.15) is 0 Å². The van der Waals surface area contributed by atoms with E-state index in [1.165, 1.54) is 12.1 Å². The summed E-state index contributed by atoms with van der Waals surface area (Å²) in [6, 6.07) is 21.7. The van der Waals surface area contributed by atoms with Crippen molar-refractivity contribution in [2.75, 3.05) is 5.32 Å². The van der Waals surface area contributed by atoms with E-state index in [2.05, 4.69) is 15.3 Å². The molecule has 3 aromatic carbocycles. The van der Waals surface area contributed by atoms with Gasteiger partial charge in [0.15, 0.2) is 5.82 Å². The number of nitrogens with zero attached hydrogens (tertiary/aromatic N) is 3. The summed E-state index contributed by atoms with van der Waals surface area (Å²) in [7, 11) is 0. The van der Waals surface area contributed by atoms with Crippen LogP contribution >= 0.6 is 0 Å². The fourth-order valence-corrected chi connectivity index (χ4v) is 3.23. The lowest BCUT2D eigenvalue weighted by Gasteiger charge is -2.05. The molecule has 0 unspecified atom stereocenters. The largest absolute Gasteiger partial charge is 0.437 e. The van der Waals surface area contributed by atoms with Gasteiger partial charge in [0.1, 0.15) is 5.58 Å². The summed E-state index contributed by atoms with van der Waals surface area (Å²) in [5.74, 6) is 0.604. The van der Waals surface area contributed by atoms with Crippen molar-refractivity contribution in [2.45, 2.75) is 0 Å². The first-order valence-corrected chi connectivity index (χ1v) is 8.93. The van der Waals surface area contributed by atoms with E-state index in [1.807, 2.05) is 48.5 Å². The van der Waals surface area contributed by atoms with Crippen LogP contribution < -0.4 is 5.32 Å². The van der Waals surface area contributed by atoms with Crippen LogP contribution in [0.25, 0.3) is 33.5 Å². The van der Waals surface area contributed by atoms with Crippen LogP contribution in [0, 0.1) is 10.1 Å². The number of non-ortho nitro benzene ring substituents is 1. The summed E-state index contributed by atoms with van der Waals surface area (Å²) in [6.45, 7) is 0. The lowest BCUT2D eigenvalue weighted by atomic mass is 10.2. The van der Waals surface area contributed by atoms with Gasteiger partial charge in [-0.25, -0.2) is 4.98 Å². The highest BCUT2D eigenvalue weighted by Gasteiger charge is 2.12. The average Bonchev–Trinajstić information content (AvgIpc) is 3.11. The minimum absolute atomic E-state index is 0.0310. The Morgan fingerprint density at radius 3 is 2.55 bits per heavy atom. The number of nitro groups is 1. The summed E-state index contributed by atoms with van der Waals surface area (Å²) < 4.78 is 5.96. The quantitative estimate of drug-likeness (QED) is 0.317. The van der Waals surface area contributed by atoms with Gasteiger partial charge in [-0.15, -0.1) is 0 Å². The lowest BCUT2D eigenvalue weighted by molar-refractivity contribution is -0.384. The van der Waals surface area contributed by atoms with Gasteiger partial charge in [0, 0.05) is 46.7 Å². The number of fused-ring (bicyclic) bond motifs is 3. The molecule has 5 aromatic rings. The zero-order chi connectivity index (χ0) is 19.8. The maximum atomic E-state index is 11.0. The fraction of sp³-hybridized carbons (Fsp3) is 0. The van der Waals surface area contributed by atoms with Crippen LogP contribution in [0.2, 0.25) is 0 Å². The predicted molar refractivity (Wildman–Crippen MR) is 111 cm³/mol. The molecule has 0 aliphatic rings. The molecule has 0 aliphatic heterocycles. The Balaban J connectivity index is 1.52.